The number of aromatic amines is 1. The van der Waals surface area contributed by atoms with Gasteiger partial charge in [-0.05, 0) is 62.9 Å². The molecule has 1 aromatic carbocycles. The number of carbonyl (C=O) groups is 1. The number of nitrogens with one attached hydrogen (secondary N) is 2. The molecule has 2 N–H and O–H groups in total. The predicted molar refractivity (Wildman–Crippen MR) is 102 cm³/mol. The largest absolute Gasteiger partial charge is 0.477 e. The van der Waals surface area contributed by atoms with E-state index in [2.05, 4.69) is 40.4 Å². The molecule has 134 valence electrons. The van der Waals surface area contributed by atoms with E-state index >= 15 is 0 Å². The Balaban J connectivity index is 1.55. The van der Waals surface area contributed by atoms with Gasteiger partial charge in [0.2, 0.25) is 5.88 Å². The first-order valence-corrected chi connectivity index (χ1v) is 9.14. The molecule has 3 aromatic rings. The van der Waals surface area contributed by atoms with Crippen LogP contribution in [-0.2, 0) is 12.8 Å². The molecule has 0 bridgehead atoms. The maximum absolute atomic E-state index is 12.7. The molecule has 1 aliphatic rings. The third kappa shape index (κ3) is 3.05. The Morgan fingerprint density at radius 1 is 1.38 bits per heavy atom. The van der Waals surface area contributed by atoms with Crippen LogP contribution < -0.4 is 10.1 Å². The van der Waals surface area contributed by atoms with Crippen molar-refractivity contribution in [2.24, 2.45) is 0 Å². The minimum absolute atomic E-state index is 0.115. The molecule has 0 saturated carbocycles. The van der Waals surface area contributed by atoms with Crippen LogP contribution in [0, 0.1) is 6.92 Å². The number of aromatic nitrogens is 2. The van der Waals surface area contributed by atoms with E-state index in [9.17, 15) is 4.79 Å². The van der Waals surface area contributed by atoms with Crippen molar-refractivity contribution in [3.8, 4) is 5.88 Å². The zero-order valence-electron chi connectivity index (χ0n) is 15.1. The second-order valence-electron chi connectivity index (χ2n) is 6.83. The van der Waals surface area contributed by atoms with E-state index in [4.69, 9.17) is 4.74 Å². The fourth-order valence-electron chi connectivity index (χ4n) is 3.73. The molecule has 5 nitrogen and oxygen atoms in total. The van der Waals surface area contributed by atoms with Crippen LogP contribution in [0.1, 0.15) is 40.5 Å². The lowest BCUT2D eigenvalue weighted by atomic mass is 9.91. The third-order valence-corrected chi connectivity index (χ3v) is 4.98. The Labute approximate surface area is 152 Å². The van der Waals surface area contributed by atoms with Gasteiger partial charge in [0.15, 0.2) is 0 Å². The summed E-state index contributed by atoms with van der Waals surface area (Å²) < 4.78 is 5.49. The molecule has 26 heavy (non-hydrogen) atoms. The summed E-state index contributed by atoms with van der Waals surface area (Å²) in [6, 6.07) is 10.1. The summed E-state index contributed by atoms with van der Waals surface area (Å²) >= 11 is 0. The molecular weight excluding hydrogens is 326 g/mol. The Kier molecular flexibility index (Phi) is 4.37. The number of amides is 1. The summed E-state index contributed by atoms with van der Waals surface area (Å²) in [4.78, 5) is 20.4. The van der Waals surface area contributed by atoms with Gasteiger partial charge in [-0.25, -0.2) is 4.98 Å². The zero-order valence-corrected chi connectivity index (χ0v) is 15.1. The smallest absolute Gasteiger partial charge is 0.256 e. The number of fused-ring (bicyclic) bond motifs is 3. The number of benzene rings is 1. The second-order valence-corrected chi connectivity index (χ2v) is 6.83. The van der Waals surface area contributed by atoms with Crippen molar-refractivity contribution in [2.75, 3.05) is 6.61 Å². The summed E-state index contributed by atoms with van der Waals surface area (Å²) in [7, 11) is 0. The number of aryl methyl sites for hydroxylation is 2. The third-order valence-electron chi connectivity index (χ3n) is 4.98. The van der Waals surface area contributed by atoms with Crippen molar-refractivity contribution in [2.45, 2.75) is 39.2 Å². The van der Waals surface area contributed by atoms with E-state index in [-0.39, 0.29) is 11.9 Å². The Morgan fingerprint density at radius 3 is 3.12 bits per heavy atom. The molecule has 4 rings (SSSR count). The average molecular weight is 349 g/mol. The van der Waals surface area contributed by atoms with Gasteiger partial charge >= 0.3 is 0 Å². The zero-order chi connectivity index (χ0) is 18.1. The lowest BCUT2D eigenvalue weighted by molar-refractivity contribution is 0.0929. The van der Waals surface area contributed by atoms with Gasteiger partial charge < -0.3 is 15.0 Å². The molecular formula is C21H23N3O2. The van der Waals surface area contributed by atoms with Crippen LogP contribution in [-0.4, -0.2) is 28.5 Å². The normalized spacial score (nSPS) is 16.3. The summed E-state index contributed by atoms with van der Waals surface area (Å²) in [6.45, 7) is 4.48. The fourth-order valence-corrected chi connectivity index (χ4v) is 3.73. The first-order chi connectivity index (χ1) is 12.7. The van der Waals surface area contributed by atoms with Crippen LogP contribution in [0.3, 0.4) is 0 Å². The number of pyridine rings is 1. The van der Waals surface area contributed by atoms with E-state index in [0.29, 0.717) is 18.1 Å². The van der Waals surface area contributed by atoms with Crippen molar-refractivity contribution in [3.05, 3.63) is 58.9 Å². The minimum Gasteiger partial charge on any atom is -0.477 e. The SMILES string of the molecule is CCOc1ncccc1C(=O)NC1CCc2[nH]c3ccc(C)cc3c2C1. The number of hydrogen-bond acceptors (Lipinski definition) is 3. The van der Waals surface area contributed by atoms with Crippen LogP contribution in [0.2, 0.25) is 0 Å². The fraction of sp³-hybridized carbons (Fsp3) is 0.333. The standard InChI is InChI=1S/C21H23N3O2/c1-3-26-21-15(5-4-10-22-21)20(25)23-14-7-9-19-17(12-14)16-11-13(2)6-8-18(16)24-19/h4-6,8,10-11,14,24H,3,7,9,12H2,1-2H3,(H,23,25). The first-order valence-electron chi connectivity index (χ1n) is 9.14. The van der Waals surface area contributed by atoms with Crippen molar-refractivity contribution in [1.82, 2.24) is 15.3 Å². The molecule has 0 fully saturated rings. The van der Waals surface area contributed by atoms with E-state index in [0.717, 1.165) is 19.3 Å². The molecule has 2 aromatic heterocycles. The van der Waals surface area contributed by atoms with Crippen LogP contribution in [0.5, 0.6) is 5.88 Å². The summed E-state index contributed by atoms with van der Waals surface area (Å²) in [5.41, 5.74) is 5.56. The van der Waals surface area contributed by atoms with E-state index in [1.807, 2.05) is 6.92 Å². The predicted octanol–water partition coefficient (Wildman–Crippen LogP) is 3.56. The number of H-pyrrole nitrogens is 1. The molecule has 1 unspecified atom stereocenters. The van der Waals surface area contributed by atoms with Crippen LogP contribution in [0.15, 0.2) is 36.5 Å². The lowest BCUT2D eigenvalue weighted by Crippen LogP contribution is -2.39. The van der Waals surface area contributed by atoms with Gasteiger partial charge in [-0.15, -0.1) is 0 Å². The summed E-state index contributed by atoms with van der Waals surface area (Å²) in [5.74, 6) is 0.276. The molecule has 0 aliphatic heterocycles. The van der Waals surface area contributed by atoms with Gasteiger partial charge in [-0.2, -0.15) is 0 Å². The van der Waals surface area contributed by atoms with Gasteiger partial charge in [-0.1, -0.05) is 11.6 Å². The molecule has 0 spiro atoms. The molecule has 1 aliphatic carbocycles. The molecule has 1 amide bonds. The maximum Gasteiger partial charge on any atom is 0.256 e. The molecule has 2 heterocycles. The molecule has 1 atom stereocenters. The van der Waals surface area contributed by atoms with Crippen molar-refractivity contribution in [1.29, 1.82) is 0 Å². The van der Waals surface area contributed by atoms with E-state index in [1.54, 1.807) is 18.3 Å². The summed E-state index contributed by atoms with van der Waals surface area (Å²) in [6.07, 6.45) is 4.35. The van der Waals surface area contributed by atoms with Gasteiger partial charge in [0.05, 0.1) is 6.61 Å². The van der Waals surface area contributed by atoms with Crippen molar-refractivity contribution < 1.29 is 9.53 Å². The number of rotatable bonds is 4. The second kappa shape index (κ2) is 6.83. The van der Waals surface area contributed by atoms with E-state index < -0.39 is 0 Å². The van der Waals surface area contributed by atoms with Crippen LogP contribution in [0.4, 0.5) is 0 Å². The molecule has 0 saturated heterocycles. The first kappa shape index (κ1) is 16.6. The van der Waals surface area contributed by atoms with Crippen molar-refractivity contribution in [3.63, 3.8) is 0 Å². The highest BCUT2D eigenvalue weighted by molar-refractivity contribution is 5.96. The minimum atomic E-state index is -0.119. The number of hydrogen-bond donors (Lipinski definition) is 2. The molecule has 5 heteroatoms. The number of nitrogens with zero attached hydrogens (tertiary/aromatic N) is 1. The highest BCUT2D eigenvalue weighted by Gasteiger charge is 2.25. The number of ether oxygens (including phenoxy) is 1. The van der Waals surface area contributed by atoms with Crippen LogP contribution >= 0.6 is 0 Å². The number of carbonyl (C=O) groups excluding carboxylic acids is 1. The maximum atomic E-state index is 12.7. The van der Waals surface area contributed by atoms with Gasteiger partial charge in [-0.3, -0.25) is 4.79 Å². The van der Waals surface area contributed by atoms with Gasteiger partial charge in [0.1, 0.15) is 5.56 Å². The monoisotopic (exact) mass is 349 g/mol. The molecule has 0 radical (unpaired) electrons. The lowest BCUT2D eigenvalue weighted by Gasteiger charge is -2.24. The van der Waals surface area contributed by atoms with Gasteiger partial charge in [0.25, 0.3) is 5.91 Å². The highest BCUT2D eigenvalue weighted by Crippen LogP contribution is 2.30. The quantitative estimate of drug-likeness (QED) is 0.757. The summed E-state index contributed by atoms with van der Waals surface area (Å²) in [5, 5.41) is 4.44. The Bertz CT molecular complexity index is 961. The average Bonchev–Trinajstić information content (AvgIpc) is 3.00. The Morgan fingerprint density at radius 2 is 2.27 bits per heavy atom. The van der Waals surface area contributed by atoms with Crippen molar-refractivity contribution >= 4 is 16.8 Å². The van der Waals surface area contributed by atoms with E-state index in [1.165, 1.54) is 27.7 Å². The van der Waals surface area contributed by atoms with Crippen LogP contribution in [0.25, 0.3) is 10.9 Å². The van der Waals surface area contributed by atoms with Gasteiger partial charge in [0, 0.05) is 28.8 Å². The highest BCUT2D eigenvalue weighted by atomic mass is 16.5. The Hall–Kier alpha value is -2.82. The topological polar surface area (TPSA) is 67.0 Å².